The van der Waals surface area contributed by atoms with Crippen LogP contribution in [0.3, 0.4) is 0 Å². The molecule has 0 saturated heterocycles. The predicted molar refractivity (Wildman–Crippen MR) is 58.5 cm³/mol. The minimum Gasteiger partial charge on any atom is -0.414 e. The average Bonchev–Trinajstić information content (AvgIpc) is 2.31. The van der Waals surface area contributed by atoms with Crippen LogP contribution in [-0.4, -0.2) is 0 Å². The third kappa shape index (κ3) is 1.16. The lowest BCUT2D eigenvalue weighted by molar-refractivity contribution is 0.451. The van der Waals surface area contributed by atoms with Gasteiger partial charge in [0, 0.05) is 5.39 Å². The summed E-state index contributed by atoms with van der Waals surface area (Å²) in [5.41, 5.74) is -1.38. The number of fused-ring (bicyclic) bond motifs is 3. The Morgan fingerprint density at radius 1 is 0.812 bits per heavy atom. The lowest BCUT2D eigenvalue weighted by Crippen LogP contribution is -2.20. The van der Waals surface area contributed by atoms with Crippen LogP contribution >= 0.6 is 0 Å². The molecule has 0 amide bonds. The summed E-state index contributed by atoms with van der Waals surface area (Å²) in [6.45, 7) is 0. The molecule has 0 spiro atoms. The fourth-order valence-corrected chi connectivity index (χ4v) is 1.68. The van der Waals surface area contributed by atoms with Crippen LogP contribution < -0.4 is 11.3 Å². The highest BCUT2D eigenvalue weighted by molar-refractivity contribution is 6.01. The Balaban J connectivity index is 2.65. The highest BCUT2D eigenvalue weighted by Crippen LogP contribution is 2.22. The molecule has 78 valence electrons. The number of benzene rings is 2. The summed E-state index contributed by atoms with van der Waals surface area (Å²) in [4.78, 5) is 22.1. The summed E-state index contributed by atoms with van der Waals surface area (Å²) in [7, 11) is 0. The lowest BCUT2D eigenvalue weighted by atomic mass is 10.1. The van der Waals surface area contributed by atoms with E-state index in [0.717, 1.165) is 10.8 Å². The van der Waals surface area contributed by atoms with Crippen LogP contribution in [0.15, 0.2) is 54.8 Å². The van der Waals surface area contributed by atoms with Crippen molar-refractivity contribution in [3.63, 3.8) is 0 Å². The molecule has 4 heteroatoms. The van der Waals surface area contributed by atoms with Gasteiger partial charge in [-0.2, -0.15) is 0 Å². The number of rotatable bonds is 0. The molecule has 0 saturated carbocycles. The average molecular weight is 214 g/mol. The molecule has 0 aliphatic rings. The molecule has 0 aliphatic carbocycles. The molecular weight excluding hydrogens is 208 g/mol. The van der Waals surface area contributed by atoms with Crippen LogP contribution in [0, 0.1) is 0 Å². The molecule has 0 N–H and O–H groups in total. The molecule has 16 heavy (non-hydrogen) atoms. The van der Waals surface area contributed by atoms with Crippen molar-refractivity contribution in [2.24, 2.45) is 0 Å². The SMILES string of the molecule is O=c1oc2ccc3ccccc3c2oc1=O. The summed E-state index contributed by atoms with van der Waals surface area (Å²) in [6.07, 6.45) is 0. The zero-order valence-corrected chi connectivity index (χ0v) is 8.10. The maximum absolute atomic E-state index is 11.1. The predicted octanol–water partition coefficient (Wildman–Crippen LogP) is 1.90. The summed E-state index contributed by atoms with van der Waals surface area (Å²) in [6, 6.07) is 10.8. The van der Waals surface area contributed by atoms with Gasteiger partial charge in [0.1, 0.15) is 0 Å². The van der Waals surface area contributed by atoms with E-state index < -0.39 is 11.3 Å². The molecule has 0 aliphatic heterocycles. The quantitative estimate of drug-likeness (QED) is 0.423. The first kappa shape index (κ1) is 8.91. The standard InChI is InChI=1S/C12H6O4/c13-11-12(14)16-10-8-4-2-1-3-7(8)5-6-9(10)15-11/h1-6H. The normalized spacial score (nSPS) is 11.0. The topological polar surface area (TPSA) is 60.4 Å². The van der Waals surface area contributed by atoms with Crippen LogP contribution in [0.1, 0.15) is 0 Å². The van der Waals surface area contributed by atoms with E-state index in [1.807, 2.05) is 18.2 Å². The molecule has 3 rings (SSSR count). The highest BCUT2D eigenvalue weighted by atomic mass is 16.5. The van der Waals surface area contributed by atoms with Gasteiger partial charge in [-0.1, -0.05) is 30.3 Å². The Kier molecular flexibility index (Phi) is 1.71. The van der Waals surface area contributed by atoms with Gasteiger partial charge < -0.3 is 8.83 Å². The molecule has 0 bridgehead atoms. The molecule has 1 heterocycles. The highest BCUT2D eigenvalue weighted by Gasteiger charge is 2.07. The van der Waals surface area contributed by atoms with Crippen LogP contribution in [0.2, 0.25) is 0 Å². The third-order valence-corrected chi connectivity index (χ3v) is 2.41. The van der Waals surface area contributed by atoms with E-state index in [9.17, 15) is 9.59 Å². The Hall–Kier alpha value is -2.36. The van der Waals surface area contributed by atoms with Crippen molar-refractivity contribution in [2.75, 3.05) is 0 Å². The molecule has 0 radical (unpaired) electrons. The first-order valence-corrected chi connectivity index (χ1v) is 4.71. The van der Waals surface area contributed by atoms with E-state index in [2.05, 4.69) is 0 Å². The maximum atomic E-state index is 11.1. The second-order valence-corrected chi connectivity index (χ2v) is 3.39. The minimum atomic E-state index is -0.984. The Morgan fingerprint density at radius 2 is 1.56 bits per heavy atom. The van der Waals surface area contributed by atoms with E-state index in [-0.39, 0.29) is 5.58 Å². The van der Waals surface area contributed by atoms with Crippen molar-refractivity contribution in [3.8, 4) is 0 Å². The van der Waals surface area contributed by atoms with Crippen LogP contribution in [0.25, 0.3) is 21.9 Å². The van der Waals surface area contributed by atoms with Crippen LogP contribution in [0.5, 0.6) is 0 Å². The molecule has 0 fully saturated rings. The van der Waals surface area contributed by atoms with E-state index >= 15 is 0 Å². The minimum absolute atomic E-state index is 0.281. The second kappa shape index (κ2) is 3.06. The van der Waals surface area contributed by atoms with Crippen LogP contribution in [-0.2, 0) is 0 Å². The zero-order valence-electron chi connectivity index (χ0n) is 8.10. The Morgan fingerprint density at radius 3 is 2.44 bits per heavy atom. The van der Waals surface area contributed by atoms with Gasteiger partial charge in [-0.05, 0) is 11.5 Å². The summed E-state index contributed by atoms with van der Waals surface area (Å²) < 4.78 is 9.78. The van der Waals surface area contributed by atoms with Crippen LogP contribution in [0.4, 0.5) is 0 Å². The maximum Gasteiger partial charge on any atom is 0.423 e. The number of hydrogen-bond acceptors (Lipinski definition) is 4. The summed E-state index contributed by atoms with van der Waals surface area (Å²) in [5, 5.41) is 1.67. The van der Waals surface area contributed by atoms with Crippen molar-refractivity contribution in [1.29, 1.82) is 0 Å². The Bertz CT molecular complexity index is 795. The Labute approximate surface area is 88.7 Å². The van der Waals surface area contributed by atoms with Gasteiger partial charge in [-0.3, -0.25) is 0 Å². The molecular formula is C12H6O4. The first-order chi connectivity index (χ1) is 7.75. The van der Waals surface area contributed by atoms with Gasteiger partial charge in [0.2, 0.25) is 0 Å². The van der Waals surface area contributed by atoms with E-state index in [1.165, 1.54) is 0 Å². The number of hydrogen-bond donors (Lipinski definition) is 0. The van der Waals surface area contributed by atoms with Gasteiger partial charge in [0.25, 0.3) is 0 Å². The van der Waals surface area contributed by atoms with E-state index in [1.54, 1.807) is 18.2 Å². The zero-order chi connectivity index (χ0) is 11.1. The third-order valence-electron chi connectivity index (χ3n) is 2.41. The van der Waals surface area contributed by atoms with Gasteiger partial charge >= 0.3 is 11.3 Å². The van der Waals surface area contributed by atoms with Crippen molar-refractivity contribution in [2.45, 2.75) is 0 Å². The van der Waals surface area contributed by atoms with Gasteiger partial charge in [0.15, 0.2) is 11.2 Å². The second-order valence-electron chi connectivity index (χ2n) is 3.39. The van der Waals surface area contributed by atoms with Crippen molar-refractivity contribution in [3.05, 3.63) is 57.2 Å². The molecule has 3 aromatic rings. The summed E-state index contributed by atoms with van der Waals surface area (Å²) >= 11 is 0. The molecule has 0 atom stereocenters. The summed E-state index contributed by atoms with van der Waals surface area (Å²) in [5.74, 6) is 0. The van der Waals surface area contributed by atoms with Gasteiger partial charge in [0.05, 0.1) is 0 Å². The first-order valence-electron chi connectivity index (χ1n) is 4.71. The van der Waals surface area contributed by atoms with E-state index in [0.29, 0.717) is 5.58 Å². The van der Waals surface area contributed by atoms with Crippen molar-refractivity contribution < 1.29 is 8.83 Å². The van der Waals surface area contributed by atoms with Crippen molar-refractivity contribution >= 4 is 21.9 Å². The van der Waals surface area contributed by atoms with Gasteiger partial charge in [-0.25, -0.2) is 9.59 Å². The van der Waals surface area contributed by atoms with Crippen molar-refractivity contribution in [1.82, 2.24) is 0 Å². The molecule has 2 aromatic carbocycles. The fraction of sp³-hybridized carbons (Fsp3) is 0. The monoisotopic (exact) mass is 214 g/mol. The lowest BCUT2D eigenvalue weighted by Gasteiger charge is -1.99. The molecule has 1 aromatic heterocycles. The smallest absolute Gasteiger partial charge is 0.414 e. The van der Waals surface area contributed by atoms with Gasteiger partial charge in [-0.15, -0.1) is 0 Å². The molecule has 0 unspecified atom stereocenters. The van der Waals surface area contributed by atoms with E-state index in [4.69, 9.17) is 8.83 Å². The largest absolute Gasteiger partial charge is 0.423 e. The fourth-order valence-electron chi connectivity index (χ4n) is 1.68. The molecule has 4 nitrogen and oxygen atoms in total.